The van der Waals surface area contributed by atoms with E-state index in [9.17, 15) is 22.0 Å². The van der Waals surface area contributed by atoms with Gasteiger partial charge in [-0.25, -0.2) is 8.78 Å². The molecule has 2 rings (SSSR count). The molecule has 0 saturated carbocycles. The largest absolute Gasteiger partial charge is 0.416 e. The second kappa shape index (κ2) is 5.27. The molecular formula is C12H13F5N2O. The second-order valence-electron chi connectivity index (χ2n) is 4.75. The molecule has 1 unspecified atom stereocenters. The lowest BCUT2D eigenvalue weighted by Gasteiger charge is -2.39. The van der Waals surface area contributed by atoms with Crippen LogP contribution in [0, 0.1) is 11.6 Å². The first-order valence-corrected chi connectivity index (χ1v) is 5.88. The van der Waals surface area contributed by atoms with Gasteiger partial charge < -0.3 is 16.2 Å². The van der Waals surface area contributed by atoms with Crippen molar-refractivity contribution in [2.24, 2.45) is 11.5 Å². The smallest absolute Gasteiger partial charge is 0.357 e. The van der Waals surface area contributed by atoms with Gasteiger partial charge in [0.1, 0.15) is 17.7 Å². The molecule has 1 heterocycles. The van der Waals surface area contributed by atoms with Crippen LogP contribution in [0.4, 0.5) is 22.0 Å². The maximum Gasteiger partial charge on any atom is 0.416 e. The van der Waals surface area contributed by atoms with Gasteiger partial charge in [-0.15, -0.1) is 0 Å². The lowest BCUT2D eigenvalue weighted by atomic mass is 9.90. The molecule has 0 aromatic heterocycles. The molecule has 0 aliphatic carbocycles. The molecule has 0 spiro atoms. The summed E-state index contributed by atoms with van der Waals surface area (Å²) in [6.45, 7) is 0. The monoisotopic (exact) mass is 296 g/mol. The molecule has 1 fully saturated rings. The van der Waals surface area contributed by atoms with E-state index in [0.717, 1.165) is 18.2 Å². The minimum Gasteiger partial charge on any atom is -0.357 e. The Labute approximate surface area is 111 Å². The molecule has 112 valence electrons. The van der Waals surface area contributed by atoms with Crippen LogP contribution in [0.25, 0.3) is 0 Å². The fraction of sp³-hybridized carbons (Fsp3) is 0.500. The van der Waals surface area contributed by atoms with E-state index >= 15 is 0 Å². The molecular weight excluding hydrogens is 283 g/mol. The number of halogens is 5. The number of rotatable bonds is 1. The zero-order valence-corrected chi connectivity index (χ0v) is 10.2. The van der Waals surface area contributed by atoms with Crippen LogP contribution >= 0.6 is 0 Å². The Hall–Kier alpha value is -1.25. The highest BCUT2D eigenvalue weighted by Crippen LogP contribution is 2.38. The van der Waals surface area contributed by atoms with Gasteiger partial charge in [0.25, 0.3) is 0 Å². The molecule has 4 N–H and O–H groups in total. The van der Waals surface area contributed by atoms with Crippen LogP contribution in [0.2, 0.25) is 0 Å². The third-order valence-electron chi connectivity index (χ3n) is 3.20. The summed E-state index contributed by atoms with van der Waals surface area (Å²) in [4.78, 5) is 0. The van der Waals surface area contributed by atoms with Crippen molar-refractivity contribution in [2.45, 2.75) is 36.9 Å². The second-order valence-corrected chi connectivity index (χ2v) is 4.75. The van der Waals surface area contributed by atoms with Crippen LogP contribution in [0.1, 0.15) is 18.1 Å². The van der Waals surface area contributed by atoms with Crippen LogP contribution in [0.5, 0.6) is 0 Å². The third-order valence-corrected chi connectivity index (χ3v) is 3.20. The fourth-order valence-electron chi connectivity index (χ4n) is 2.28. The lowest BCUT2D eigenvalue weighted by molar-refractivity contribution is -0.254. The Morgan fingerprint density at radius 2 is 1.75 bits per heavy atom. The van der Waals surface area contributed by atoms with E-state index in [1.807, 2.05) is 0 Å². The molecule has 0 bridgehead atoms. The number of nitrogens with two attached hydrogens (primary N) is 2. The Kier molecular flexibility index (Phi) is 3.99. The molecule has 0 radical (unpaired) electrons. The van der Waals surface area contributed by atoms with Gasteiger partial charge in [0.15, 0.2) is 6.10 Å². The van der Waals surface area contributed by atoms with E-state index in [1.54, 1.807) is 0 Å². The summed E-state index contributed by atoms with van der Waals surface area (Å²) in [5, 5.41) is 0. The average molecular weight is 296 g/mol. The molecule has 1 saturated heterocycles. The van der Waals surface area contributed by atoms with Crippen LogP contribution < -0.4 is 11.5 Å². The van der Waals surface area contributed by atoms with Crippen LogP contribution in [-0.4, -0.2) is 24.4 Å². The Balaban J connectivity index is 2.33. The SMILES string of the molecule is NC1C[C@H](N)[C@@H](c2cc(F)ccc2F)O[C@H]1C(F)(F)F. The highest BCUT2D eigenvalue weighted by molar-refractivity contribution is 5.23. The van der Waals surface area contributed by atoms with Gasteiger partial charge in [0.05, 0.1) is 0 Å². The van der Waals surface area contributed by atoms with Crippen molar-refractivity contribution in [3.63, 3.8) is 0 Å². The van der Waals surface area contributed by atoms with Gasteiger partial charge >= 0.3 is 6.18 Å². The van der Waals surface area contributed by atoms with Crippen molar-refractivity contribution < 1.29 is 26.7 Å². The van der Waals surface area contributed by atoms with E-state index < -0.39 is 42.1 Å². The van der Waals surface area contributed by atoms with Crippen molar-refractivity contribution in [2.75, 3.05) is 0 Å². The van der Waals surface area contributed by atoms with Crippen LogP contribution in [0.15, 0.2) is 18.2 Å². The molecule has 1 aliphatic rings. The topological polar surface area (TPSA) is 61.3 Å². The van der Waals surface area contributed by atoms with E-state index in [2.05, 4.69) is 0 Å². The number of alkyl halides is 3. The van der Waals surface area contributed by atoms with Crippen LogP contribution in [0.3, 0.4) is 0 Å². The van der Waals surface area contributed by atoms with Crippen molar-refractivity contribution in [1.29, 1.82) is 0 Å². The standard InChI is InChI=1S/C12H13F5N2O/c13-5-1-2-7(14)6(3-5)10-8(18)4-9(19)11(20-10)12(15,16)17/h1-3,8-11H,4,18-19H2/t8-,9?,10+,11+/m0/s1. The average Bonchev–Trinajstić information content (AvgIpc) is 2.31. The fourth-order valence-corrected chi connectivity index (χ4v) is 2.28. The quantitative estimate of drug-likeness (QED) is 0.779. The zero-order chi connectivity index (χ0) is 15.1. The maximum atomic E-state index is 13.6. The van der Waals surface area contributed by atoms with Gasteiger partial charge in [-0.1, -0.05) is 0 Å². The number of hydrogen-bond donors (Lipinski definition) is 2. The molecule has 8 heteroatoms. The Bertz CT molecular complexity index is 493. The van der Waals surface area contributed by atoms with Gasteiger partial charge in [-0.05, 0) is 24.6 Å². The summed E-state index contributed by atoms with van der Waals surface area (Å²) >= 11 is 0. The van der Waals surface area contributed by atoms with Gasteiger partial charge in [0.2, 0.25) is 0 Å². The van der Waals surface area contributed by atoms with E-state index in [4.69, 9.17) is 16.2 Å². The number of hydrogen-bond acceptors (Lipinski definition) is 3. The zero-order valence-electron chi connectivity index (χ0n) is 10.2. The number of ether oxygens (including phenoxy) is 1. The highest BCUT2D eigenvalue weighted by atomic mass is 19.4. The van der Waals surface area contributed by atoms with Crippen molar-refractivity contribution in [3.05, 3.63) is 35.4 Å². The summed E-state index contributed by atoms with van der Waals surface area (Å²) < 4.78 is 69.9. The third kappa shape index (κ3) is 2.92. The normalized spacial score (nSPS) is 31.4. The first-order valence-electron chi connectivity index (χ1n) is 5.88. The highest BCUT2D eigenvalue weighted by Gasteiger charge is 2.50. The van der Waals surface area contributed by atoms with Crippen molar-refractivity contribution >= 4 is 0 Å². The van der Waals surface area contributed by atoms with E-state index in [0.29, 0.717) is 0 Å². The Morgan fingerprint density at radius 3 is 2.35 bits per heavy atom. The number of benzene rings is 1. The lowest BCUT2D eigenvalue weighted by Crippen LogP contribution is -2.56. The van der Waals surface area contributed by atoms with Gasteiger partial charge in [-0.2, -0.15) is 13.2 Å². The summed E-state index contributed by atoms with van der Waals surface area (Å²) in [6.07, 6.45) is -8.54. The van der Waals surface area contributed by atoms with Gasteiger partial charge in [-0.3, -0.25) is 0 Å². The minimum absolute atomic E-state index is 0.204. The summed E-state index contributed by atoms with van der Waals surface area (Å²) in [5.74, 6) is -1.65. The molecule has 1 aromatic rings. The summed E-state index contributed by atoms with van der Waals surface area (Å²) in [5.41, 5.74) is 10.7. The molecule has 1 aliphatic heterocycles. The minimum atomic E-state index is -4.69. The van der Waals surface area contributed by atoms with E-state index in [-0.39, 0.29) is 12.0 Å². The van der Waals surface area contributed by atoms with Gasteiger partial charge in [0, 0.05) is 17.6 Å². The maximum absolute atomic E-state index is 13.6. The molecule has 0 amide bonds. The van der Waals surface area contributed by atoms with E-state index in [1.165, 1.54) is 0 Å². The predicted molar refractivity (Wildman–Crippen MR) is 60.6 cm³/mol. The molecule has 20 heavy (non-hydrogen) atoms. The predicted octanol–water partition coefficient (Wildman–Crippen LogP) is 2.01. The van der Waals surface area contributed by atoms with Crippen molar-refractivity contribution in [1.82, 2.24) is 0 Å². The first-order chi connectivity index (χ1) is 9.20. The molecule has 3 nitrogen and oxygen atoms in total. The molecule has 4 atom stereocenters. The summed E-state index contributed by atoms with van der Waals surface area (Å²) in [7, 11) is 0. The Morgan fingerprint density at radius 1 is 1.10 bits per heavy atom. The molecule has 1 aromatic carbocycles. The van der Waals surface area contributed by atoms with Crippen molar-refractivity contribution in [3.8, 4) is 0 Å². The summed E-state index contributed by atoms with van der Waals surface area (Å²) in [6, 6.07) is 0.181. The van der Waals surface area contributed by atoms with Crippen LogP contribution in [-0.2, 0) is 4.74 Å². The first kappa shape index (κ1) is 15.1.